The maximum Gasteiger partial charge on any atom is 0.311 e. The number of nitrogens with one attached hydrogen (secondary N) is 1. The van der Waals surface area contributed by atoms with E-state index in [1.54, 1.807) is 6.92 Å². The first-order valence-electron chi connectivity index (χ1n) is 6.08. The highest BCUT2D eigenvalue weighted by atomic mass is 16.6. The molecule has 1 atom stereocenters. The second-order valence-corrected chi connectivity index (χ2v) is 4.42. The van der Waals surface area contributed by atoms with Crippen LogP contribution >= 0.6 is 0 Å². The van der Waals surface area contributed by atoms with Gasteiger partial charge in [-0.15, -0.1) is 0 Å². The summed E-state index contributed by atoms with van der Waals surface area (Å²) >= 11 is 0. The Bertz CT molecular complexity index is 656. The number of hydrogen-bond donors (Lipinski definition) is 2. The Balaban J connectivity index is 2.10. The highest BCUT2D eigenvalue weighted by molar-refractivity contribution is 5.98. The lowest BCUT2D eigenvalue weighted by Gasteiger charge is -2.14. The van der Waals surface area contributed by atoms with Crippen molar-refractivity contribution < 1.29 is 14.8 Å². The van der Waals surface area contributed by atoms with Crippen molar-refractivity contribution >= 4 is 11.6 Å². The summed E-state index contributed by atoms with van der Waals surface area (Å²) in [5.41, 5.74) is -0.652. The third-order valence-electron chi connectivity index (χ3n) is 2.76. The third-order valence-corrected chi connectivity index (χ3v) is 2.76. The Morgan fingerprint density at radius 2 is 2.33 bits per heavy atom. The van der Waals surface area contributed by atoms with Crippen LogP contribution in [0.2, 0.25) is 0 Å². The fourth-order valence-corrected chi connectivity index (χ4v) is 1.82. The first kappa shape index (κ1) is 14.4. The molecule has 9 heteroatoms. The molecule has 0 fully saturated rings. The number of benzene rings is 1. The van der Waals surface area contributed by atoms with E-state index in [0.29, 0.717) is 6.54 Å². The standard InChI is InChI=1S/C12H13N5O4/c1-8(5-16-7-13-6-14-16)15-12(19)9-3-2-4-10(11(9)18)17(20)21/h2-4,6-8,18H,5H2,1H3,(H,15,19). The zero-order valence-corrected chi connectivity index (χ0v) is 11.1. The number of carbonyl (C=O) groups is 1. The zero-order valence-electron chi connectivity index (χ0n) is 11.1. The zero-order chi connectivity index (χ0) is 15.4. The van der Waals surface area contributed by atoms with Crippen LogP contribution < -0.4 is 5.32 Å². The molecule has 0 aliphatic heterocycles. The molecule has 0 aliphatic carbocycles. The topological polar surface area (TPSA) is 123 Å². The Kier molecular flexibility index (Phi) is 4.12. The SMILES string of the molecule is CC(Cn1cncn1)NC(=O)c1cccc([N+](=O)[O-])c1O. The molecule has 2 aromatic rings. The van der Waals surface area contributed by atoms with Crippen LogP contribution in [0, 0.1) is 10.1 Å². The molecule has 1 unspecified atom stereocenters. The highest BCUT2D eigenvalue weighted by Gasteiger charge is 2.21. The van der Waals surface area contributed by atoms with Gasteiger partial charge in [-0.2, -0.15) is 5.10 Å². The minimum absolute atomic E-state index is 0.144. The van der Waals surface area contributed by atoms with Gasteiger partial charge in [-0.1, -0.05) is 6.07 Å². The normalized spacial score (nSPS) is 11.9. The Hall–Kier alpha value is -2.97. The molecule has 9 nitrogen and oxygen atoms in total. The van der Waals surface area contributed by atoms with E-state index in [9.17, 15) is 20.0 Å². The van der Waals surface area contributed by atoms with Crippen LogP contribution in [-0.2, 0) is 6.54 Å². The van der Waals surface area contributed by atoms with Gasteiger partial charge >= 0.3 is 5.69 Å². The first-order valence-corrected chi connectivity index (χ1v) is 6.08. The van der Waals surface area contributed by atoms with E-state index >= 15 is 0 Å². The Morgan fingerprint density at radius 3 is 2.95 bits per heavy atom. The summed E-state index contributed by atoms with van der Waals surface area (Å²) in [5, 5.41) is 27.0. The lowest BCUT2D eigenvalue weighted by molar-refractivity contribution is -0.385. The monoisotopic (exact) mass is 291 g/mol. The van der Waals surface area contributed by atoms with Gasteiger partial charge in [-0.05, 0) is 13.0 Å². The van der Waals surface area contributed by atoms with Crippen LogP contribution in [-0.4, -0.2) is 36.7 Å². The molecule has 0 saturated heterocycles. The van der Waals surface area contributed by atoms with E-state index in [1.165, 1.54) is 29.5 Å². The predicted octanol–water partition coefficient (Wildman–Crippen LogP) is 0.710. The molecule has 2 N–H and O–H groups in total. The number of nitro groups is 1. The summed E-state index contributed by atoms with van der Waals surface area (Å²) in [7, 11) is 0. The molecule has 0 bridgehead atoms. The molecular weight excluding hydrogens is 278 g/mol. The Labute approximate surface area is 119 Å². The van der Waals surface area contributed by atoms with Gasteiger partial charge in [0.05, 0.1) is 17.0 Å². The van der Waals surface area contributed by atoms with Crippen molar-refractivity contribution in [3.05, 3.63) is 46.5 Å². The van der Waals surface area contributed by atoms with Gasteiger partial charge in [-0.3, -0.25) is 19.6 Å². The molecule has 2 rings (SSSR count). The summed E-state index contributed by atoms with van der Waals surface area (Å²) in [5.74, 6) is -1.24. The van der Waals surface area contributed by atoms with Crippen LogP contribution in [0.4, 0.5) is 5.69 Å². The summed E-state index contributed by atoms with van der Waals surface area (Å²) in [6, 6.07) is 3.50. The minimum atomic E-state index is -0.745. The van der Waals surface area contributed by atoms with E-state index < -0.39 is 22.3 Å². The third kappa shape index (κ3) is 3.32. The molecular formula is C12H13N5O4. The smallest absolute Gasteiger partial charge is 0.311 e. The largest absolute Gasteiger partial charge is 0.502 e. The average Bonchev–Trinajstić information content (AvgIpc) is 2.91. The quantitative estimate of drug-likeness (QED) is 0.617. The van der Waals surface area contributed by atoms with E-state index in [0.717, 1.165) is 6.07 Å². The number of aromatic hydroxyl groups is 1. The van der Waals surface area contributed by atoms with E-state index in [2.05, 4.69) is 15.4 Å². The number of rotatable bonds is 5. The fourth-order valence-electron chi connectivity index (χ4n) is 1.82. The molecule has 0 spiro atoms. The number of phenolic OH excluding ortho intramolecular Hbond substituents is 1. The molecule has 1 amide bonds. The van der Waals surface area contributed by atoms with Gasteiger partial charge in [0.2, 0.25) is 5.75 Å². The lowest BCUT2D eigenvalue weighted by atomic mass is 10.1. The Morgan fingerprint density at radius 1 is 1.57 bits per heavy atom. The molecule has 110 valence electrons. The molecule has 1 aromatic heterocycles. The second-order valence-electron chi connectivity index (χ2n) is 4.42. The van der Waals surface area contributed by atoms with E-state index in [4.69, 9.17) is 0 Å². The summed E-state index contributed by atoms with van der Waals surface area (Å²) < 4.78 is 1.54. The minimum Gasteiger partial charge on any atom is -0.502 e. The van der Waals surface area contributed by atoms with Gasteiger partial charge in [0.25, 0.3) is 5.91 Å². The van der Waals surface area contributed by atoms with Crippen molar-refractivity contribution in [1.29, 1.82) is 0 Å². The van der Waals surface area contributed by atoms with Crippen LogP contribution in [0.25, 0.3) is 0 Å². The van der Waals surface area contributed by atoms with E-state index in [-0.39, 0.29) is 11.6 Å². The number of carbonyl (C=O) groups excluding carboxylic acids is 1. The predicted molar refractivity (Wildman–Crippen MR) is 71.7 cm³/mol. The van der Waals surface area contributed by atoms with Crippen molar-refractivity contribution in [2.75, 3.05) is 0 Å². The molecule has 0 aliphatic rings. The van der Waals surface area contributed by atoms with Crippen molar-refractivity contribution in [3.8, 4) is 5.75 Å². The molecule has 1 heterocycles. The van der Waals surface area contributed by atoms with Crippen LogP contribution in [0.15, 0.2) is 30.9 Å². The van der Waals surface area contributed by atoms with Crippen LogP contribution in [0.1, 0.15) is 17.3 Å². The van der Waals surface area contributed by atoms with Gasteiger partial charge in [0.15, 0.2) is 0 Å². The van der Waals surface area contributed by atoms with Crippen molar-refractivity contribution in [1.82, 2.24) is 20.1 Å². The maximum atomic E-state index is 12.0. The van der Waals surface area contributed by atoms with Crippen molar-refractivity contribution in [2.45, 2.75) is 19.5 Å². The number of amides is 1. The summed E-state index contributed by atoms with van der Waals surface area (Å²) in [4.78, 5) is 25.8. The molecule has 21 heavy (non-hydrogen) atoms. The van der Waals surface area contributed by atoms with Gasteiger partial charge in [-0.25, -0.2) is 4.98 Å². The number of nitro benzene ring substituents is 1. The van der Waals surface area contributed by atoms with Crippen LogP contribution in [0.3, 0.4) is 0 Å². The fraction of sp³-hybridized carbons (Fsp3) is 0.250. The van der Waals surface area contributed by atoms with Crippen molar-refractivity contribution in [2.24, 2.45) is 0 Å². The number of para-hydroxylation sites is 1. The van der Waals surface area contributed by atoms with Crippen molar-refractivity contribution in [3.63, 3.8) is 0 Å². The molecule has 0 saturated carbocycles. The summed E-state index contributed by atoms with van der Waals surface area (Å²) in [6.07, 6.45) is 2.88. The second kappa shape index (κ2) is 5.99. The maximum absolute atomic E-state index is 12.0. The van der Waals surface area contributed by atoms with E-state index in [1.807, 2.05) is 0 Å². The van der Waals surface area contributed by atoms with Crippen LogP contribution in [0.5, 0.6) is 5.75 Å². The molecule has 0 radical (unpaired) electrons. The lowest BCUT2D eigenvalue weighted by Crippen LogP contribution is -2.35. The number of nitrogens with zero attached hydrogens (tertiary/aromatic N) is 4. The van der Waals surface area contributed by atoms with Gasteiger partial charge in [0.1, 0.15) is 12.7 Å². The summed E-state index contributed by atoms with van der Waals surface area (Å²) in [6.45, 7) is 2.13. The number of hydrogen-bond acceptors (Lipinski definition) is 6. The highest BCUT2D eigenvalue weighted by Crippen LogP contribution is 2.29. The van der Waals surface area contributed by atoms with Gasteiger partial charge in [0, 0.05) is 12.1 Å². The average molecular weight is 291 g/mol. The molecule has 1 aromatic carbocycles. The first-order chi connectivity index (χ1) is 9.99. The van der Waals surface area contributed by atoms with Gasteiger partial charge < -0.3 is 10.4 Å². The number of phenols is 1. The number of aromatic nitrogens is 3.